The summed E-state index contributed by atoms with van der Waals surface area (Å²) in [4.78, 5) is 39.9. The van der Waals surface area contributed by atoms with E-state index in [9.17, 15) is 18.8 Å². The molecule has 152 valence electrons. The van der Waals surface area contributed by atoms with Crippen LogP contribution in [0.4, 0.5) is 4.39 Å². The van der Waals surface area contributed by atoms with Gasteiger partial charge < -0.3 is 15.1 Å². The number of hydrogen-bond acceptors (Lipinski definition) is 3. The first-order valence-corrected chi connectivity index (χ1v) is 10.1. The van der Waals surface area contributed by atoms with Crippen molar-refractivity contribution in [2.75, 3.05) is 19.6 Å². The molecule has 6 nitrogen and oxygen atoms in total. The summed E-state index contributed by atoms with van der Waals surface area (Å²) in [6, 6.07) is 6.03. The average Bonchev–Trinajstić information content (AvgIpc) is 2.65. The summed E-state index contributed by atoms with van der Waals surface area (Å²) in [5.41, 5.74) is 0.762. The van der Waals surface area contributed by atoms with Crippen molar-refractivity contribution in [2.24, 2.45) is 0 Å². The number of rotatable bonds is 5. The van der Waals surface area contributed by atoms with E-state index >= 15 is 0 Å². The van der Waals surface area contributed by atoms with Crippen molar-refractivity contribution in [3.8, 4) is 0 Å². The van der Waals surface area contributed by atoms with E-state index in [0.717, 1.165) is 31.2 Å². The molecule has 0 aromatic heterocycles. The SMILES string of the molecule is O=C(CN1CCN(Cc2ccc(F)cc2)C(=O)C1=O)NC1CCCCCCC1. The molecule has 0 spiro atoms. The van der Waals surface area contributed by atoms with Crippen molar-refractivity contribution in [3.05, 3.63) is 35.6 Å². The maximum Gasteiger partial charge on any atom is 0.312 e. The van der Waals surface area contributed by atoms with E-state index in [2.05, 4.69) is 5.32 Å². The van der Waals surface area contributed by atoms with E-state index in [1.807, 2.05) is 0 Å². The van der Waals surface area contributed by atoms with Gasteiger partial charge in [0.2, 0.25) is 5.91 Å². The molecule has 0 atom stereocenters. The zero-order chi connectivity index (χ0) is 19.9. The molecule has 1 aromatic carbocycles. The minimum Gasteiger partial charge on any atom is -0.352 e. The van der Waals surface area contributed by atoms with Crippen LogP contribution in [-0.4, -0.2) is 53.2 Å². The first kappa shape index (κ1) is 20.3. The van der Waals surface area contributed by atoms with Gasteiger partial charge >= 0.3 is 11.8 Å². The van der Waals surface area contributed by atoms with Crippen molar-refractivity contribution in [1.29, 1.82) is 0 Å². The van der Waals surface area contributed by atoms with Gasteiger partial charge in [-0.25, -0.2) is 4.39 Å². The number of carbonyl (C=O) groups is 3. The second kappa shape index (κ2) is 9.66. The fourth-order valence-corrected chi connectivity index (χ4v) is 3.87. The first-order chi connectivity index (χ1) is 13.5. The van der Waals surface area contributed by atoms with Gasteiger partial charge in [-0.05, 0) is 30.5 Å². The highest BCUT2D eigenvalue weighted by Crippen LogP contribution is 2.17. The van der Waals surface area contributed by atoms with E-state index in [1.165, 1.54) is 41.2 Å². The van der Waals surface area contributed by atoms with Gasteiger partial charge in [-0.1, -0.05) is 44.2 Å². The molecule has 1 saturated carbocycles. The Morgan fingerprint density at radius 3 is 2.18 bits per heavy atom. The monoisotopic (exact) mass is 389 g/mol. The van der Waals surface area contributed by atoms with Crippen LogP contribution < -0.4 is 5.32 Å². The Morgan fingerprint density at radius 2 is 1.50 bits per heavy atom. The summed E-state index contributed by atoms with van der Waals surface area (Å²) in [5.74, 6) is -1.81. The maximum absolute atomic E-state index is 13.0. The average molecular weight is 389 g/mol. The number of nitrogens with zero attached hydrogens (tertiary/aromatic N) is 2. The van der Waals surface area contributed by atoms with Gasteiger partial charge in [0.05, 0.1) is 0 Å². The van der Waals surface area contributed by atoms with E-state index in [1.54, 1.807) is 12.1 Å². The molecule has 2 fully saturated rings. The van der Waals surface area contributed by atoms with Gasteiger partial charge in [0, 0.05) is 25.7 Å². The Kier molecular flexibility index (Phi) is 7.01. The van der Waals surface area contributed by atoms with Gasteiger partial charge in [0.1, 0.15) is 12.4 Å². The third-order valence-electron chi connectivity index (χ3n) is 5.49. The normalized spacial score (nSPS) is 19.3. The van der Waals surface area contributed by atoms with Crippen LogP contribution in [-0.2, 0) is 20.9 Å². The highest BCUT2D eigenvalue weighted by atomic mass is 19.1. The lowest BCUT2D eigenvalue weighted by Crippen LogP contribution is -2.56. The number of halogens is 1. The predicted molar refractivity (Wildman–Crippen MR) is 103 cm³/mol. The zero-order valence-corrected chi connectivity index (χ0v) is 16.2. The summed E-state index contributed by atoms with van der Waals surface area (Å²) in [6.45, 7) is 0.862. The van der Waals surface area contributed by atoms with Crippen molar-refractivity contribution < 1.29 is 18.8 Å². The third kappa shape index (κ3) is 5.53. The Morgan fingerprint density at radius 1 is 0.929 bits per heavy atom. The third-order valence-corrected chi connectivity index (χ3v) is 5.49. The summed E-state index contributed by atoms with van der Waals surface area (Å²) >= 11 is 0. The molecule has 1 aliphatic heterocycles. The number of nitrogens with one attached hydrogen (secondary N) is 1. The molecular formula is C21H28FN3O3. The molecule has 7 heteroatoms. The number of amides is 3. The standard InChI is InChI=1S/C21H28FN3O3/c22-17-10-8-16(9-11-17)14-24-12-13-25(21(28)20(24)27)15-19(26)23-18-6-4-2-1-3-5-7-18/h8-11,18H,1-7,12-15H2,(H,23,26). The van der Waals surface area contributed by atoms with Crippen LogP contribution in [0, 0.1) is 5.82 Å². The van der Waals surface area contributed by atoms with Gasteiger partial charge in [0.15, 0.2) is 0 Å². The largest absolute Gasteiger partial charge is 0.352 e. The van der Waals surface area contributed by atoms with Gasteiger partial charge in [0.25, 0.3) is 0 Å². The Bertz CT molecular complexity index is 699. The smallest absolute Gasteiger partial charge is 0.312 e. The van der Waals surface area contributed by atoms with Crippen molar-refractivity contribution in [3.63, 3.8) is 0 Å². The van der Waals surface area contributed by atoms with Crippen LogP contribution in [0.3, 0.4) is 0 Å². The van der Waals surface area contributed by atoms with Crippen LogP contribution in [0.2, 0.25) is 0 Å². The molecule has 2 aliphatic rings. The maximum atomic E-state index is 13.0. The van der Waals surface area contributed by atoms with Crippen molar-refractivity contribution in [1.82, 2.24) is 15.1 Å². The summed E-state index contributed by atoms with van der Waals surface area (Å²) in [6.07, 6.45) is 7.85. The number of benzene rings is 1. The Balaban J connectivity index is 1.49. The Hall–Kier alpha value is -2.44. The molecule has 1 saturated heterocycles. The second-order valence-electron chi connectivity index (χ2n) is 7.69. The zero-order valence-electron chi connectivity index (χ0n) is 16.2. The van der Waals surface area contributed by atoms with Gasteiger partial charge in [-0.2, -0.15) is 0 Å². The molecule has 0 bridgehead atoms. The number of carbonyl (C=O) groups excluding carboxylic acids is 3. The molecule has 1 aliphatic carbocycles. The van der Waals surface area contributed by atoms with Crippen LogP contribution >= 0.6 is 0 Å². The number of hydrogen-bond donors (Lipinski definition) is 1. The highest BCUT2D eigenvalue weighted by molar-refractivity contribution is 6.35. The topological polar surface area (TPSA) is 69.7 Å². The molecule has 0 radical (unpaired) electrons. The fraction of sp³-hybridized carbons (Fsp3) is 0.571. The minimum absolute atomic E-state index is 0.0779. The van der Waals surface area contributed by atoms with Crippen LogP contribution in [0.15, 0.2) is 24.3 Å². The second-order valence-corrected chi connectivity index (χ2v) is 7.69. The predicted octanol–water partition coefficient (Wildman–Crippen LogP) is 2.23. The molecular weight excluding hydrogens is 361 g/mol. The molecule has 28 heavy (non-hydrogen) atoms. The lowest BCUT2D eigenvalue weighted by atomic mass is 9.97. The fourth-order valence-electron chi connectivity index (χ4n) is 3.87. The van der Waals surface area contributed by atoms with E-state index in [0.29, 0.717) is 13.1 Å². The quantitative estimate of drug-likeness (QED) is 0.785. The van der Waals surface area contributed by atoms with Crippen molar-refractivity contribution in [2.45, 2.75) is 57.5 Å². The van der Waals surface area contributed by atoms with Crippen LogP contribution in [0.5, 0.6) is 0 Å². The first-order valence-electron chi connectivity index (χ1n) is 10.1. The Labute approximate surface area is 165 Å². The van der Waals surface area contributed by atoms with Gasteiger partial charge in [-0.3, -0.25) is 14.4 Å². The minimum atomic E-state index is -0.652. The highest BCUT2D eigenvalue weighted by Gasteiger charge is 2.33. The molecule has 1 heterocycles. The molecule has 0 unspecified atom stereocenters. The summed E-state index contributed by atoms with van der Waals surface area (Å²) in [7, 11) is 0. The molecule has 1 aromatic rings. The lowest BCUT2D eigenvalue weighted by molar-refractivity contribution is -0.157. The molecule has 3 amide bonds. The van der Waals surface area contributed by atoms with Gasteiger partial charge in [-0.15, -0.1) is 0 Å². The lowest BCUT2D eigenvalue weighted by Gasteiger charge is -2.33. The summed E-state index contributed by atoms with van der Waals surface area (Å²) in [5, 5.41) is 3.03. The van der Waals surface area contributed by atoms with E-state index in [-0.39, 0.29) is 30.9 Å². The molecule has 1 N–H and O–H groups in total. The molecule has 3 rings (SSSR count). The van der Waals surface area contributed by atoms with E-state index in [4.69, 9.17) is 0 Å². The van der Waals surface area contributed by atoms with Crippen LogP contribution in [0.25, 0.3) is 0 Å². The summed E-state index contributed by atoms with van der Waals surface area (Å²) < 4.78 is 13.0. The van der Waals surface area contributed by atoms with Crippen LogP contribution in [0.1, 0.15) is 50.5 Å². The number of piperazine rings is 1. The van der Waals surface area contributed by atoms with Crippen molar-refractivity contribution >= 4 is 17.7 Å². The van der Waals surface area contributed by atoms with E-state index < -0.39 is 11.8 Å².